The maximum Gasteiger partial charge on any atom is 0.152 e. The van der Waals surface area contributed by atoms with Crippen molar-refractivity contribution < 1.29 is 9.84 Å². The molecule has 0 spiro atoms. The Balaban J connectivity index is 1.91. The second-order valence-electron chi connectivity index (χ2n) is 7.27. The third-order valence-electron chi connectivity index (χ3n) is 5.32. The second kappa shape index (κ2) is 6.85. The van der Waals surface area contributed by atoms with Crippen molar-refractivity contribution in [2.24, 2.45) is 0 Å². The molecule has 1 fully saturated rings. The lowest BCUT2D eigenvalue weighted by Crippen LogP contribution is -2.40. The molecule has 0 unspecified atom stereocenters. The summed E-state index contributed by atoms with van der Waals surface area (Å²) in [5.41, 5.74) is 8.05. The molecular weight excluding hydrogens is 328 g/mol. The highest BCUT2D eigenvalue weighted by molar-refractivity contribution is 6.06. The zero-order valence-corrected chi connectivity index (χ0v) is 15.2. The molecule has 6 nitrogen and oxygen atoms in total. The number of ether oxygens (including phenoxy) is 1. The van der Waals surface area contributed by atoms with Crippen LogP contribution < -0.4 is 5.73 Å². The van der Waals surface area contributed by atoms with E-state index in [1.54, 1.807) is 0 Å². The minimum atomic E-state index is -0.772. The Morgan fingerprint density at radius 2 is 2.00 bits per heavy atom. The molecular formula is C20H26N4O2. The monoisotopic (exact) mass is 354 g/mol. The van der Waals surface area contributed by atoms with Crippen LogP contribution in [0.3, 0.4) is 0 Å². The van der Waals surface area contributed by atoms with Gasteiger partial charge in [0.25, 0.3) is 0 Å². The molecule has 0 aliphatic carbocycles. The fourth-order valence-corrected chi connectivity index (χ4v) is 3.80. The van der Waals surface area contributed by atoms with Crippen molar-refractivity contribution in [3.8, 4) is 0 Å². The molecule has 4 rings (SSSR count). The molecule has 3 aromatic rings. The molecule has 3 N–H and O–H groups in total. The summed E-state index contributed by atoms with van der Waals surface area (Å²) >= 11 is 0. The summed E-state index contributed by atoms with van der Waals surface area (Å²) in [6.45, 7) is 3.87. The summed E-state index contributed by atoms with van der Waals surface area (Å²) in [6.07, 6.45) is 4.29. The van der Waals surface area contributed by atoms with Crippen LogP contribution in [0.15, 0.2) is 24.3 Å². The van der Waals surface area contributed by atoms with Gasteiger partial charge < -0.3 is 20.1 Å². The highest BCUT2D eigenvalue weighted by Crippen LogP contribution is 2.32. The number of nitrogens with zero attached hydrogens (tertiary/aromatic N) is 3. The van der Waals surface area contributed by atoms with Crippen molar-refractivity contribution in [2.75, 3.05) is 18.9 Å². The number of benzene rings is 1. The normalized spacial score (nSPS) is 17.2. The topological polar surface area (TPSA) is 86.2 Å². The maximum absolute atomic E-state index is 11.1. The molecule has 6 heteroatoms. The van der Waals surface area contributed by atoms with Gasteiger partial charge in [0, 0.05) is 37.9 Å². The summed E-state index contributed by atoms with van der Waals surface area (Å²) in [5, 5.41) is 12.1. The summed E-state index contributed by atoms with van der Waals surface area (Å²) in [7, 11) is 0. The molecule has 1 aliphatic heterocycles. The van der Waals surface area contributed by atoms with E-state index in [-0.39, 0.29) is 0 Å². The van der Waals surface area contributed by atoms with Gasteiger partial charge in [0.1, 0.15) is 11.3 Å². The number of fused-ring (bicyclic) bond motifs is 3. The van der Waals surface area contributed by atoms with Gasteiger partial charge >= 0.3 is 0 Å². The standard InChI is InChI=1S/C20H26N4O2/c1-2-3-8-16-23-17-18(14-6-4-5-7-15(14)22-19(17)21)24(16)13-20(25)9-11-26-12-10-20/h4-7,25H,2-3,8-13H2,1H3,(H2,21,22). The lowest BCUT2D eigenvalue weighted by Gasteiger charge is -2.33. The molecule has 0 amide bonds. The average molecular weight is 354 g/mol. The summed E-state index contributed by atoms with van der Waals surface area (Å²) in [4.78, 5) is 9.35. The van der Waals surface area contributed by atoms with E-state index in [9.17, 15) is 5.11 Å². The summed E-state index contributed by atoms with van der Waals surface area (Å²) < 4.78 is 7.62. The molecule has 0 radical (unpaired) electrons. The highest BCUT2D eigenvalue weighted by atomic mass is 16.5. The first-order valence-corrected chi connectivity index (χ1v) is 9.45. The lowest BCUT2D eigenvalue weighted by molar-refractivity contribution is -0.0725. The van der Waals surface area contributed by atoms with Crippen molar-refractivity contribution in [3.05, 3.63) is 30.1 Å². The van der Waals surface area contributed by atoms with E-state index < -0.39 is 5.60 Å². The zero-order chi connectivity index (χ0) is 18.1. The van der Waals surface area contributed by atoms with Gasteiger partial charge in [0.2, 0.25) is 0 Å². The molecule has 0 saturated carbocycles. The number of pyridine rings is 1. The molecule has 1 aromatic carbocycles. The third kappa shape index (κ3) is 3.04. The van der Waals surface area contributed by atoms with E-state index in [2.05, 4.69) is 22.5 Å². The number of rotatable bonds is 5. The smallest absolute Gasteiger partial charge is 0.152 e. The SMILES string of the molecule is CCCCc1nc2c(N)nc3ccccc3c2n1CC1(O)CCOCC1. The first kappa shape index (κ1) is 17.2. The average Bonchev–Trinajstić information content (AvgIpc) is 2.99. The Kier molecular flexibility index (Phi) is 4.54. The van der Waals surface area contributed by atoms with E-state index in [4.69, 9.17) is 15.5 Å². The van der Waals surface area contributed by atoms with Crippen molar-refractivity contribution in [1.82, 2.24) is 14.5 Å². The number of hydrogen-bond acceptors (Lipinski definition) is 5. The number of nitrogens with two attached hydrogens (primary N) is 1. The number of aryl methyl sites for hydroxylation is 1. The fourth-order valence-electron chi connectivity index (χ4n) is 3.80. The van der Waals surface area contributed by atoms with Gasteiger partial charge in [0.15, 0.2) is 5.82 Å². The van der Waals surface area contributed by atoms with Crippen molar-refractivity contribution in [1.29, 1.82) is 0 Å². The number of anilines is 1. The summed E-state index contributed by atoms with van der Waals surface area (Å²) in [6, 6.07) is 7.99. The Labute approximate surface area is 153 Å². The van der Waals surface area contributed by atoms with Crippen LogP contribution in [0.4, 0.5) is 5.82 Å². The van der Waals surface area contributed by atoms with Crippen molar-refractivity contribution in [3.63, 3.8) is 0 Å². The highest BCUT2D eigenvalue weighted by Gasteiger charge is 2.32. The molecule has 1 aliphatic rings. The predicted molar refractivity (Wildman–Crippen MR) is 103 cm³/mol. The Morgan fingerprint density at radius 3 is 2.77 bits per heavy atom. The molecule has 26 heavy (non-hydrogen) atoms. The molecule has 0 atom stereocenters. The van der Waals surface area contributed by atoms with Crippen LogP contribution in [0.2, 0.25) is 0 Å². The van der Waals surface area contributed by atoms with Crippen LogP contribution >= 0.6 is 0 Å². The van der Waals surface area contributed by atoms with Gasteiger partial charge in [-0.1, -0.05) is 31.5 Å². The molecule has 1 saturated heterocycles. The lowest BCUT2D eigenvalue weighted by atomic mass is 9.94. The van der Waals surface area contributed by atoms with Crippen LogP contribution in [0.25, 0.3) is 21.9 Å². The van der Waals surface area contributed by atoms with Crippen molar-refractivity contribution >= 4 is 27.8 Å². The Bertz CT molecular complexity index is 928. The maximum atomic E-state index is 11.1. The third-order valence-corrected chi connectivity index (χ3v) is 5.32. The van der Waals surface area contributed by atoms with Gasteiger partial charge in [-0.15, -0.1) is 0 Å². The van der Waals surface area contributed by atoms with Gasteiger partial charge in [0.05, 0.1) is 23.2 Å². The van der Waals surface area contributed by atoms with Crippen LogP contribution in [0, 0.1) is 0 Å². The number of hydrogen-bond donors (Lipinski definition) is 2. The summed E-state index contributed by atoms with van der Waals surface area (Å²) in [5.74, 6) is 1.43. The van der Waals surface area contributed by atoms with Crippen LogP contribution in [-0.2, 0) is 17.7 Å². The van der Waals surface area contributed by atoms with E-state index in [1.807, 2.05) is 18.2 Å². The first-order chi connectivity index (χ1) is 12.6. The minimum Gasteiger partial charge on any atom is -0.388 e. The number of imidazole rings is 1. The molecule has 138 valence electrons. The van der Waals surface area contributed by atoms with Crippen LogP contribution in [0.1, 0.15) is 38.4 Å². The number of nitrogen functional groups attached to an aromatic ring is 1. The number of aliphatic hydroxyl groups is 1. The number of unbranched alkanes of at least 4 members (excludes halogenated alkanes) is 1. The fraction of sp³-hybridized carbons (Fsp3) is 0.500. The van der Waals surface area contributed by atoms with E-state index in [0.717, 1.165) is 47.0 Å². The van der Waals surface area contributed by atoms with E-state index in [1.165, 1.54) is 0 Å². The first-order valence-electron chi connectivity index (χ1n) is 9.45. The van der Waals surface area contributed by atoms with E-state index >= 15 is 0 Å². The quantitative estimate of drug-likeness (QED) is 0.735. The molecule has 2 aromatic heterocycles. The molecule has 0 bridgehead atoms. The Morgan fingerprint density at radius 1 is 1.23 bits per heavy atom. The van der Waals surface area contributed by atoms with E-state index in [0.29, 0.717) is 38.4 Å². The van der Waals surface area contributed by atoms with Gasteiger partial charge in [-0.3, -0.25) is 0 Å². The minimum absolute atomic E-state index is 0.453. The van der Waals surface area contributed by atoms with Gasteiger partial charge in [-0.05, 0) is 12.5 Å². The second-order valence-corrected chi connectivity index (χ2v) is 7.27. The predicted octanol–water partition coefficient (Wildman–Crippen LogP) is 3.05. The zero-order valence-electron chi connectivity index (χ0n) is 15.2. The van der Waals surface area contributed by atoms with Gasteiger partial charge in [-0.2, -0.15) is 0 Å². The van der Waals surface area contributed by atoms with Crippen molar-refractivity contribution in [2.45, 2.75) is 51.2 Å². The van der Waals surface area contributed by atoms with Gasteiger partial charge in [-0.25, -0.2) is 9.97 Å². The molecule has 3 heterocycles. The largest absolute Gasteiger partial charge is 0.388 e. The number of para-hydroxylation sites is 1. The van der Waals surface area contributed by atoms with Crippen LogP contribution in [0.5, 0.6) is 0 Å². The van der Waals surface area contributed by atoms with Crippen LogP contribution in [-0.4, -0.2) is 38.5 Å². The number of aromatic nitrogens is 3. The Hall–Kier alpha value is -2.18.